The Balaban J connectivity index is 1.45. The number of rotatable bonds is 6. The second-order valence-corrected chi connectivity index (χ2v) is 6.12. The highest BCUT2D eigenvalue weighted by atomic mass is 19.4. The van der Waals surface area contributed by atoms with Crippen molar-refractivity contribution in [2.75, 3.05) is 19.8 Å². The highest BCUT2D eigenvalue weighted by Crippen LogP contribution is 2.30. The first-order valence-corrected chi connectivity index (χ1v) is 8.35. The molecule has 2 N–H and O–H groups in total. The molecule has 144 valence electrons. The van der Waals surface area contributed by atoms with Gasteiger partial charge in [0, 0.05) is 18.5 Å². The molecular formula is C19H18F3NO4. The van der Waals surface area contributed by atoms with Crippen LogP contribution in [0.25, 0.3) is 0 Å². The van der Waals surface area contributed by atoms with Crippen LogP contribution in [0.5, 0.6) is 11.5 Å². The Morgan fingerprint density at radius 3 is 2.67 bits per heavy atom. The summed E-state index contributed by atoms with van der Waals surface area (Å²) < 4.78 is 48.1. The van der Waals surface area contributed by atoms with Crippen LogP contribution in [0.2, 0.25) is 0 Å². The highest BCUT2D eigenvalue weighted by Gasteiger charge is 2.30. The van der Waals surface area contributed by atoms with Crippen molar-refractivity contribution in [2.45, 2.75) is 18.7 Å². The minimum atomic E-state index is -4.41. The number of carbonyl (C=O) groups is 1. The van der Waals surface area contributed by atoms with E-state index < -0.39 is 17.8 Å². The first-order valence-electron chi connectivity index (χ1n) is 8.35. The third-order valence-corrected chi connectivity index (χ3v) is 4.07. The van der Waals surface area contributed by atoms with Crippen LogP contribution in [0.4, 0.5) is 13.2 Å². The summed E-state index contributed by atoms with van der Waals surface area (Å²) in [6.07, 6.45) is -4.67. The minimum absolute atomic E-state index is 0.0486. The first kappa shape index (κ1) is 19.0. The number of halogens is 3. The highest BCUT2D eigenvalue weighted by molar-refractivity contribution is 5.94. The van der Waals surface area contributed by atoms with E-state index in [9.17, 15) is 23.1 Å². The van der Waals surface area contributed by atoms with Gasteiger partial charge in [0.05, 0.1) is 12.2 Å². The van der Waals surface area contributed by atoms with Crippen LogP contribution in [-0.4, -0.2) is 36.9 Å². The van der Waals surface area contributed by atoms with Crippen LogP contribution in [0, 0.1) is 0 Å². The van der Waals surface area contributed by atoms with E-state index in [4.69, 9.17) is 9.47 Å². The minimum Gasteiger partial charge on any atom is -0.493 e. The summed E-state index contributed by atoms with van der Waals surface area (Å²) in [4.78, 5) is 12.1. The summed E-state index contributed by atoms with van der Waals surface area (Å²) in [5.41, 5.74) is 0.659. The van der Waals surface area contributed by atoms with E-state index in [0.717, 1.165) is 29.9 Å². The van der Waals surface area contributed by atoms with Crippen molar-refractivity contribution in [3.63, 3.8) is 0 Å². The molecule has 3 rings (SSSR count). The van der Waals surface area contributed by atoms with Crippen LogP contribution in [0.3, 0.4) is 0 Å². The molecule has 0 bridgehead atoms. The van der Waals surface area contributed by atoms with Crippen molar-refractivity contribution in [1.29, 1.82) is 0 Å². The molecule has 8 heteroatoms. The van der Waals surface area contributed by atoms with Gasteiger partial charge >= 0.3 is 6.18 Å². The van der Waals surface area contributed by atoms with Crippen LogP contribution < -0.4 is 14.8 Å². The molecule has 0 saturated heterocycles. The van der Waals surface area contributed by atoms with E-state index in [-0.39, 0.29) is 24.8 Å². The molecule has 0 aliphatic carbocycles. The molecule has 1 atom stereocenters. The standard InChI is InChI=1S/C19H18F3NO4/c20-19(21,22)14-2-4-16(5-3-14)27-11-15(24)10-23-18(25)13-1-6-17-12(9-13)7-8-26-17/h1-6,9,15,24H,7-8,10-11H2,(H,23,25). The fourth-order valence-corrected chi connectivity index (χ4v) is 2.63. The topological polar surface area (TPSA) is 67.8 Å². The summed E-state index contributed by atoms with van der Waals surface area (Å²) in [7, 11) is 0. The molecule has 1 amide bonds. The molecule has 1 unspecified atom stereocenters. The molecule has 27 heavy (non-hydrogen) atoms. The van der Waals surface area contributed by atoms with Crippen molar-refractivity contribution in [3.8, 4) is 11.5 Å². The lowest BCUT2D eigenvalue weighted by Gasteiger charge is -2.14. The Hall–Kier alpha value is -2.74. The Morgan fingerprint density at radius 2 is 1.96 bits per heavy atom. The van der Waals surface area contributed by atoms with Crippen molar-refractivity contribution < 1.29 is 32.5 Å². The number of ether oxygens (including phenoxy) is 2. The van der Waals surface area contributed by atoms with Gasteiger partial charge < -0.3 is 19.9 Å². The van der Waals surface area contributed by atoms with E-state index in [1.54, 1.807) is 18.2 Å². The average Bonchev–Trinajstić information content (AvgIpc) is 3.11. The van der Waals surface area contributed by atoms with Gasteiger partial charge in [0.2, 0.25) is 0 Å². The van der Waals surface area contributed by atoms with Crippen molar-refractivity contribution in [2.24, 2.45) is 0 Å². The maximum absolute atomic E-state index is 12.5. The molecule has 0 fully saturated rings. The summed E-state index contributed by atoms with van der Waals surface area (Å²) in [5.74, 6) is 0.641. The van der Waals surface area contributed by atoms with E-state index >= 15 is 0 Å². The van der Waals surface area contributed by atoms with Gasteiger partial charge in [0.25, 0.3) is 5.91 Å². The summed E-state index contributed by atoms with van der Waals surface area (Å²) in [6.45, 7) is 0.386. The van der Waals surface area contributed by atoms with Crippen LogP contribution >= 0.6 is 0 Å². The van der Waals surface area contributed by atoms with Crippen LogP contribution in [-0.2, 0) is 12.6 Å². The van der Waals surface area contributed by atoms with Crippen LogP contribution in [0.1, 0.15) is 21.5 Å². The number of carbonyl (C=O) groups excluding carboxylic acids is 1. The van der Waals surface area contributed by atoms with Crippen LogP contribution in [0.15, 0.2) is 42.5 Å². The summed E-state index contributed by atoms with van der Waals surface area (Å²) in [5, 5.41) is 12.5. The zero-order valence-corrected chi connectivity index (χ0v) is 14.3. The zero-order valence-electron chi connectivity index (χ0n) is 14.3. The van der Waals surface area contributed by atoms with E-state index in [1.165, 1.54) is 12.1 Å². The van der Waals surface area contributed by atoms with Gasteiger partial charge in [-0.2, -0.15) is 13.2 Å². The van der Waals surface area contributed by atoms with Gasteiger partial charge in [0.15, 0.2) is 0 Å². The zero-order chi connectivity index (χ0) is 19.4. The normalized spacial score (nSPS) is 14.2. The van der Waals surface area contributed by atoms with E-state index in [1.807, 2.05) is 0 Å². The Morgan fingerprint density at radius 1 is 1.22 bits per heavy atom. The van der Waals surface area contributed by atoms with Crippen molar-refractivity contribution in [3.05, 3.63) is 59.2 Å². The molecule has 1 aliphatic heterocycles. The number of aliphatic hydroxyl groups excluding tert-OH is 1. The number of aliphatic hydroxyl groups is 1. The molecule has 2 aromatic carbocycles. The third-order valence-electron chi connectivity index (χ3n) is 4.07. The number of nitrogens with one attached hydrogen (secondary N) is 1. The number of hydrogen-bond acceptors (Lipinski definition) is 4. The Labute approximate surface area is 153 Å². The van der Waals surface area contributed by atoms with Gasteiger partial charge in [-0.1, -0.05) is 0 Å². The lowest BCUT2D eigenvalue weighted by Crippen LogP contribution is -2.35. The second kappa shape index (κ2) is 7.87. The van der Waals surface area contributed by atoms with E-state index in [0.29, 0.717) is 12.2 Å². The Kier molecular flexibility index (Phi) is 5.55. The predicted octanol–water partition coefficient (Wildman–Crippen LogP) is 2.81. The molecule has 0 saturated carbocycles. The first-order chi connectivity index (χ1) is 12.8. The molecule has 0 aromatic heterocycles. The molecule has 0 spiro atoms. The van der Waals surface area contributed by atoms with Gasteiger partial charge in [-0.3, -0.25) is 4.79 Å². The van der Waals surface area contributed by atoms with Gasteiger partial charge in [-0.15, -0.1) is 0 Å². The lowest BCUT2D eigenvalue weighted by atomic mass is 10.1. The van der Waals surface area contributed by atoms with Gasteiger partial charge in [-0.05, 0) is 48.0 Å². The molecular weight excluding hydrogens is 363 g/mol. The molecule has 5 nitrogen and oxygen atoms in total. The van der Waals surface area contributed by atoms with E-state index in [2.05, 4.69) is 5.32 Å². The number of fused-ring (bicyclic) bond motifs is 1. The number of benzene rings is 2. The second-order valence-electron chi connectivity index (χ2n) is 6.12. The smallest absolute Gasteiger partial charge is 0.416 e. The summed E-state index contributed by atoms with van der Waals surface area (Å²) >= 11 is 0. The van der Waals surface area contributed by atoms with Crippen molar-refractivity contribution in [1.82, 2.24) is 5.32 Å². The Bertz CT molecular complexity index is 806. The summed E-state index contributed by atoms with van der Waals surface area (Å²) in [6, 6.07) is 9.30. The average molecular weight is 381 g/mol. The monoisotopic (exact) mass is 381 g/mol. The number of amides is 1. The fraction of sp³-hybridized carbons (Fsp3) is 0.316. The van der Waals surface area contributed by atoms with Gasteiger partial charge in [0.1, 0.15) is 24.2 Å². The third kappa shape index (κ3) is 4.91. The largest absolute Gasteiger partial charge is 0.493 e. The maximum Gasteiger partial charge on any atom is 0.416 e. The number of alkyl halides is 3. The molecule has 1 heterocycles. The van der Waals surface area contributed by atoms with Crippen molar-refractivity contribution >= 4 is 5.91 Å². The fourth-order valence-electron chi connectivity index (χ4n) is 2.63. The number of hydrogen-bond donors (Lipinski definition) is 2. The maximum atomic E-state index is 12.5. The lowest BCUT2D eigenvalue weighted by molar-refractivity contribution is -0.137. The SMILES string of the molecule is O=C(NCC(O)COc1ccc(C(F)(F)F)cc1)c1ccc2c(c1)CCO2. The molecule has 0 radical (unpaired) electrons. The molecule has 1 aliphatic rings. The quantitative estimate of drug-likeness (QED) is 0.808. The van der Waals surface area contributed by atoms with Gasteiger partial charge in [-0.25, -0.2) is 0 Å². The molecule has 2 aromatic rings. The predicted molar refractivity (Wildman–Crippen MR) is 90.9 cm³/mol.